The third kappa shape index (κ3) is 2.21. The van der Waals surface area contributed by atoms with Gasteiger partial charge in [0.15, 0.2) is 0 Å². The molecule has 0 bridgehead atoms. The molecule has 0 amide bonds. The minimum atomic E-state index is 0.560. The van der Waals surface area contributed by atoms with Crippen molar-refractivity contribution >= 4 is 22.3 Å². The van der Waals surface area contributed by atoms with Crippen molar-refractivity contribution in [3.8, 4) is 0 Å². The number of para-hydroxylation sites is 2. The Balaban J connectivity index is 1.68. The first-order chi connectivity index (χ1) is 11.8. The van der Waals surface area contributed by atoms with E-state index in [1.807, 2.05) is 0 Å². The van der Waals surface area contributed by atoms with E-state index >= 15 is 0 Å². The van der Waals surface area contributed by atoms with E-state index in [1.54, 1.807) is 0 Å². The summed E-state index contributed by atoms with van der Waals surface area (Å²) < 4.78 is 0. The smallest absolute Gasteiger partial charge is 0.0726 e. The summed E-state index contributed by atoms with van der Waals surface area (Å²) >= 11 is 0. The fourth-order valence-electron chi connectivity index (χ4n) is 4.46. The molecule has 120 valence electrons. The monoisotopic (exact) mass is 314 g/mol. The van der Waals surface area contributed by atoms with Crippen molar-refractivity contribution in [1.82, 2.24) is 4.98 Å². The van der Waals surface area contributed by atoms with Crippen LogP contribution in [0.3, 0.4) is 0 Å². The van der Waals surface area contributed by atoms with Crippen LogP contribution in [0.2, 0.25) is 0 Å². The standard InChI is InChI=1S/C22H22N2/c1-2-7-16(8-3-1)23-21-17-9-4-5-10-19(17)24-20-11-14-22(12-6-13-22)15-18(20)21/h1-5,7-10H,6,11-15H2,(H,23,24). The molecule has 2 aliphatic carbocycles. The number of pyridine rings is 1. The molecule has 2 aromatic carbocycles. The van der Waals surface area contributed by atoms with Crippen LogP contribution < -0.4 is 5.32 Å². The molecule has 0 aliphatic heterocycles. The summed E-state index contributed by atoms with van der Waals surface area (Å²) in [5, 5.41) is 4.97. The van der Waals surface area contributed by atoms with Crippen LogP contribution in [0.1, 0.15) is 36.9 Å². The van der Waals surface area contributed by atoms with Crippen LogP contribution in [-0.2, 0) is 12.8 Å². The minimum absolute atomic E-state index is 0.560. The van der Waals surface area contributed by atoms with Crippen molar-refractivity contribution in [2.24, 2.45) is 5.41 Å². The second-order valence-electron chi connectivity index (χ2n) is 7.45. The van der Waals surface area contributed by atoms with Gasteiger partial charge in [0.05, 0.1) is 11.2 Å². The van der Waals surface area contributed by atoms with Crippen LogP contribution in [-0.4, -0.2) is 4.98 Å². The zero-order valence-electron chi connectivity index (χ0n) is 13.9. The number of nitrogens with one attached hydrogen (secondary N) is 1. The number of anilines is 2. The lowest BCUT2D eigenvalue weighted by atomic mass is 9.60. The van der Waals surface area contributed by atoms with Gasteiger partial charge in [0.2, 0.25) is 0 Å². The van der Waals surface area contributed by atoms with Gasteiger partial charge in [-0.25, -0.2) is 0 Å². The SMILES string of the molecule is c1ccc(Nc2c3c(nc4ccccc24)CCC2(CCC2)C3)cc1. The quantitative estimate of drug-likeness (QED) is 0.662. The highest BCUT2D eigenvalue weighted by Crippen LogP contribution is 2.52. The van der Waals surface area contributed by atoms with Gasteiger partial charge >= 0.3 is 0 Å². The molecule has 1 N–H and O–H groups in total. The first-order valence-electron chi connectivity index (χ1n) is 9.06. The summed E-state index contributed by atoms with van der Waals surface area (Å²) in [6.07, 6.45) is 7.82. The van der Waals surface area contributed by atoms with E-state index in [2.05, 4.69) is 59.9 Å². The topological polar surface area (TPSA) is 24.9 Å². The van der Waals surface area contributed by atoms with Crippen molar-refractivity contribution in [2.45, 2.75) is 38.5 Å². The predicted octanol–water partition coefficient (Wildman–Crippen LogP) is 5.64. The van der Waals surface area contributed by atoms with Crippen LogP contribution in [0.5, 0.6) is 0 Å². The third-order valence-electron chi connectivity index (χ3n) is 5.98. The van der Waals surface area contributed by atoms with Crippen molar-refractivity contribution in [2.75, 3.05) is 5.32 Å². The Morgan fingerprint density at radius 3 is 2.46 bits per heavy atom. The highest BCUT2D eigenvalue weighted by atomic mass is 14.9. The second kappa shape index (κ2) is 5.34. The van der Waals surface area contributed by atoms with E-state index in [4.69, 9.17) is 4.98 Å². The van der Waals surface area contributed by atoms with Gasteiger partial charge in [-0.1, -0.05) is 42.8 Å². The molecule has 1 heterocycles. The van der Waals surface area contributed by atoms with E-state index in [1.165, 1.54) is 54.4 Å². The Morgan fingerprint density at radius 1 is 0.875 bits per heavy atom. The second-order valence-corrected chi connectivity index (χ2v) is 7.45. The first kappa shape index (κ1) is 14.0. The number of aryl methyl sites for hydroxylation is 1. The lowest BCUT2D eigenvalue weighted by Crippen LogP contribution is -2.36. The van der Waals surface area contributed by atoms with Crippen molar-refractivity contribution in [3.05, 3.63) is 65.9 Å². The zero-order valence-corrected chi connectivity index (χ0v) is 13.9. The van der Waals surface area contributed by atoms with Crippen molar-refractivity contribution in [3.63, 3.8) is 0 Å². The lowest BCUT2D eigenvalue weighted by molar-refractivity contribution is 0.111. The molecular weight excluding hydrogens is 292 g/mol. The maximum absolute atomic E-state index is 5.00. The van der Waals surface area contributed by atoms with E-state index < -0.39 is 0 Å². The largest absolute Gasteiger partial charge is 0.355 e. The molecule has 2 nitrogen and oxygen atoms in total. The number of benzene rings is 2. The summed E-state index contributed by atoms with van der Waals surface area (Å²) in [5.74, 6) is 0. The third-order valence-corrected chi connectivity index (χ3v) is 5.98. The number of aromatic nitrogens is 1. The maximum atomic E-state index is 5.00. The van der Waals surface area contributed by atoms with Crippen LogP contribution in [0, 0.1) is 5.41 Å². The molecule has 0 radical (unpaired) electrons. The van der Waals surface area contributed by atoms with Crippen molar-refractivity contribution in [1.29, 1.82) is 0 Å². The van der Waals surface area contributed by atoms with Gasteiger partial charge in [-0.05, 0) is 61.3 Å². The van der Waals surface area contributed by atoms with Crippen LogP contribution in [0.4, 0.5) is 11.4 Å². The molecule has 1 spiro atoms. The molecule has 0 atom stereocenters. The Hall–Kier alpha value is -2.35. The maximum Gasteiger partial charge on any atom is 0.0726 e. The van der Waals surface area contributed by atoms with E-state index in [0.717, 1.165) is 17.6 Å². The molecule has 2 aliphatic rings. The van der Waals surface area contributed by atoms with Gasteiger partial charge in [-0.2, -0.15) is 0 Å². The molecule has 1 saturated carbocycles. The van der Waals surface area contributed by atoms with Gasteiger partial charge in [-0.15, -0.1) is 0 Å². The number of rotatable bonds is 2. The molecule has 24 heavy (non-hydrogen) atoms. The molecule has 0 saturated heterocycles. The number of fused-ring (bicyclic) bond motifs is 2. The predicted molar refractivity (Wildman–Crippen MR) is 99.8 cm³/mol. The van der Waals surface area contributed by atoms with Crippen molar-refractivity contribution < 1.29 is 0 Å². The number of hydrogen-bond acceptors (Lipinski definition) is 2. The molecule has 1 fully saturated rings. The van der Waals surface area contributed by atoms with Crippen LogP contribution in [0.25, 0.3) is 10.9 Å². The summed E-state index contributed by atoms with van der Waals surface area (Å²) in [7, 11) is 0. The Kier molecular flexibility index (Phi) is 3.12. The summed E-state index contributed by atoms with van der Waals surface area (Å²) in [6.45, 7) is 0. The minimum Gasteiger partial charge on any atom is -0.355 e. The van der Waals surface area contributed by atoms with Crippen LogP contribution >= 0.6 is 0 Å². The molecule has 1 aromatic heterocycles. The zero-order chi connectivity index (χ0) is 16.0. The summed E-state index contributed by atoms with van der Waals surface area (Å²) in [4.78, 5) is 5.00. The van der Waals surface area contributed by atoms with Gasteiger partial charge in [0.25, 0.3) is 0 Å². The van der Waals surface area contributed by atoms with E-state index in [-0.39, 0.29) is 0 Å². The van der Waals surface area contributed by atoms with E-state index in [9.17, 15) is 0 Å². The first-order valence-corrected chi connectivity index (χ1v) is 9.06. The normalized spacial score (nSPS) is 18.2. The average Bonchev–Trinajstić information content (AvgIpc) is 2.61. The van der Waals surface area contributed by atoms with Gasteiger partial charge < -0.3 is 5.32 Å². The molecular formula is C22H22N2. The number of nitrogens with zero attached hydrogens (tertiary/aromatic N) is 1. The molecule has 5 rings (SSSR count). The Labute approximate surface area is 142 Å². The van der Waals surface area contributed by atoms with Gasteiger partial charge in [0, 0.05) is 16.8 Å². The summed E-state index contributed by atoms with van der Waals surface area (Å²) in [6, 6.07) is 19.1. The average molecular weight is 314 g/mol. The highest BCUT2D eigenvalue weighted by Gasteiger charge is 2.41. The van der Waals surface area contributed by atoms with Crippen LogP contribution in [0.15, 0.2) is 54.6 Å². The molecule has 2 heteroatoms. The highest BCUT2D eigenvalue weighted by molar-refractivity contribution is 5.95. The Bertz CT molecular complexity index is 894. The van der Waals surface area contributed by atoms with Gasteiger partial charge in [0.1, 0.15) is 0 Å². The summed E-state index contributed by atoms with van der Waals surface area (Å²) in [5.41, 5.74) is 6.88. The fourth-order valence-corrected chi connectivity index (χ4v) is 4.46. The molecule has 3 aromatic rings. The van der Waals surface area contributed by atoms with Gasteiger partial charge in [-0.3, -0.25) is 4.98 Å². The fraction of sp³-hybridized carbons (Fsp3) is 0.318. The Morgan fingerprint density at radius 2 is 1.67 bits per heavy atom. The van der Waals surface area contributed by atoms with E-state index in [0.29, 0.717) is 5.41 Å². The lowest BCUT2D eigenvalue weighted by Gasteiger charge is -2.45. The number of hydrogen-bond donors (Lipinski definition) is 1. The molecule has 0 unspecified atom stereocenters.